The number of thioether (sulfide) groups is 1. The molecule has 0 aliphatic carbocycles. The predicted octanol–water partition coefficient (Wildman–Crippen LogP) is 1.26. The average molecular weight is 240 g/mol. The highest BCUT2D eigenvalue weighted by atomic mass is 32.2. The van der Waals surface area contributed by atoms with Gasteiger partial charge in [-0.05, 0) is 25.3 Å². The highest BCUT2D eigenvalue weighted by Crippen LogP contribution is 2.12. The fourth-order valence-electron chi connectivity index (χ4n) is 1.33. The minimum absolute atomic E-state index is 0.0180. The SMILES string of the molecule is CCN(CCO)C(=O)c1ccc(SC)nc1. The van der Waals surface area contributed by atoms with E-state index in [9.17, 15) is 4.79 Å². The van der Waals surface area contributed by atoms with Crippen LogP contribution >= 0.6 is 11.8 Å². The Morgan fingerprint density at radius 3 is 2.75 bits per heavy atom. The van der Waals surface area contributed by atoms with Crippen molar-refractivity contribution in [1.82, 2.24) is 9.88 Å². The maximum Gasteiger partial charge on any atom is 0.255 e. The normalized spacial score (nSPS) is 10.2. The van der Waals surface area contributed by atoms with Gasteiger partial charge >= 0.3 is 0 Å². The Balaban J connectivity index is 2.78. The molecule has 1 aromatic heterocycles. The topological polar surface area (TPSA) is 53.4 Å². The van der Waals surface area contributed by atoms with Crippen molar-refractivity contribution in [2.75, 3.05) is 26.0 Å². The summed E-state index contributed by atoms with van der Waals surface area (Å²) in [6, 6.07) is 3.59. The molecule has 0 aromatic carbocycles. The van der Waals surface area contributed by atoms with E-state index in [-0.39, 0.29) is 12.5 Å². The molecule has 1 aromatic rings. The molecule has 0 spiro atoms. The zero-order chi connectivity index (χ0) is 12.0. The zero-order valence-corrected chi connectivity index (χ0v) is 10.3. The molecule has 1 rings (SSSR count). The summed E-state index contributed by atoms with van der Waals surface area (Å²) >= 11 is 1.54. The molecule has 0 bridgehead atoms. The number of aliphatic hydroxyl groups excluding tert-OH is 1. The first-order valence-corrected chi connectivity index (χ1v) is 6.35. The molecule has 0 aliphatic rings. The third-order valence-electron chi connectivity index (χ3n) is 2.23. The van der Waals surface area contributed by atoms with Gasteiger partial charge in [0.1, 0.15) is 0 Å². The largest absolute Gasteiger partial charge is 0.395 e. The van der Waals surface area contributed by atoms with E-state index in [1.54, 1.807) is 17.2 Å². The van der Waals surface area contributed by atoms with Crippen LogP contribution in [0.5, 0.6) is 0 Å². The number of likely N-dealkylation sites (N-methyl/N-ethyl adjacent to an activating group) is 1. The van der Waals surface area contributed by atoms with Crippen molar-refractivity contribution in [3.63, 3.8) is 0 Å². The summed E-state index contributed by atoms with van der Waals surface area (Å²) in [7, 11) is 0. The number of nitrogens with zero attached hydrogens (tertiary/aromatic N) is 2. The second-order valence-electron chi connectivity index (χ2n) is 3.20. The summed E-state index contributed by atoms with van der Waals surface area (Å²) in [5.74, 6) is -0.0864. The Morgan fingerprint density at radius 2 is 2.31 bits per heavy atom. The Hall–Kier alpha value is -1.07. The summed E-state index contributed by atoms with van der Waals surface area (Å²) < 4.78 is 0. The van der Waals surface area contributed by atoms with Gasteiger partial charge in [0.15, 0.2) is 0 Å². The fraction of sp³-hybridized carbons (Fsp3) is 0.455. The van der Waals surface area contributed by atoms with Crippen molar-refractivity contribution in [3.8, 4) is 0 Å². The number of pyridine rings is 1. The van der Waals surface area contributed by atoms with Crippen LogP contribution < -0.4 is 0 Å². The van der Waals surface area contributed by atoms with E-state index in [0.29, 0.717) is 18.7 Å². The van der Waals surface area contributed by atoms with Crippen molar-refractivity contribution < 1.29 is 9.90 Å². The summed E-state index contributed by atoms with van der Waals surface area (Å²) in [4.78, 5) is 17.7. The van der Waals surface area contributed by atoms with Gasteiger partial charge in [0, 0.05) is 19.3 Å². The van der Waals surface area contributed by atoms with Crippen molar-refractivity contribution in [3.05, 3.63) is 23.9 Å². The van der Waals surface area contributed by atoms with Crippen LogP contribution in [-0.4, -0.2) is 46.8 Å². The maximum atomic E-state index is 11.9. The van der Waals surface area contributed by atoms with E-state index >= 15 is 0 Å². The van der Waals surface area contributed by atoms with Crippen LogP contribution in [-0.2, 0) is 0 Å². The lowest BCUT2D eigenvalue weighted by molar-refractivity contribution is 0.0731. The second-order valence-corrected chi connectivity index (χ2v) is 4.02. The quantitative estimate of drug-likeness (QED) is 0.787. The molecule has 4 nitrogen and oxygen atoms in total. The lowest BCUT2D eigenvalue weighted by Crippen LogP contribution is -2.33. The fourth-order valence-corrected chi connectivity index (χ4v) is 1.70. The molecule has 1 heterocycles. The van der Waals surface area contributed by atoms with E-state index in [0.717, 1.165) is 5.03 Å². The first-order valence-electron chi connectivity index (χ1n) is 5.13. The van der Waals surface area contributed by atoms with Gasteiger partial charge < -0.3 is 10.0 Å². The minimum Gasteiger partial charge on any atom is -0.395 e. The van der Waals surface area contributed by atoms with Gasteiger partial charge in [-0.25, -0.2) is 4.98 Å². The molecule has 0 fully saturated rings. The third-order valence-corrected chi connectivity index (χ3v) is 2.89. The van der Waals surface area contributed by atoms with Gasteiger partial charge in [-0.15, -0.1) is 11.8 Å². The Kier molecular flexibility index (Phi) is 5.28. The summed E-state index contributed by atoms with van der Waals surface area (Å²) in [5.41, 5.74) is 0.563. The number of amides is 1. The smallest absolute Gasteiger partial charge is 0.255 e. The monoisotopic (exact) mass is 240 g/mol. The Bertz CT molecular complexity index is 340. The summed E-state index contributed by atoms with van der Waals surface area (Å²) in [5, 5.41) is 9.72. The number of aromatic nitrogens is 1. The molecule has 88 valence electrons. The lowest BCUT2D eigenvalue weighted by atomic mass is 10.2. The summed E-state index contributed by atoms with van der Waals surface area (Å²) in [6.45, 7) is 2.82. The molecule has 0 aliphatic heterocycles. The maximum absolute atomic E-state index is 11.9. The number of hydrogen-bond donors (Lipinski definition) is 1. The van der Waals surface area contributed by atoms with Crippen LogP contribution in [0.1, 0.15) is 17.3 Å². The minimum atomic E-state index is -0.0864. The van der Waals surface area contributed by atoms with E-state index in [2.05, 4.69) is 4.98 Å². The van der Waals surface area contributed by atoms with Crippen molar-refractivity contribution in [2.24, 2.45) is 0 Å². The number of hydrogen-bond acceptors (Lipinski definition) is 4. The van der Waals surface area contributed by atoms with Crippen LogP contribution in [0.25, 0.3) is 0 Å². The molecular weight excluding hydrogens is 224 g/mol. The van der Waals surface area contributed by atoms with Crippen LogP contribution in [0.15, 0.2) is 23.4 Å². The number of rotatable bonds is 5. The molecule has 0 saturated heterocycles. The molecule has 0 atom stereocenters. The first kappa shape index (κ1) is 13.0. The number of carbonyl (C=O) groups is 1. The Labute approximate surface area is 99.7 Å². The Morgan fingerprint density at radius 1 is 1.56 bits per heavy atom. The highest BCUT2D eigenvalue weighted by Gasteiger charge is 2.13. The molecule has 1 N–H and O–H groups in total. The zero-order valence-electron chi connectivity index (χ0n) is 9.51. The van der Waals surface area contributed by atoms with Gasteiger partial charge in [0.05, 0.1) is 17.2 Å². The summed E-state index contributed by atoms with van der Waals surface area (Å²) in [6.07, 6.45) is 3.52. The van der Waals surface area contributed by atoms with Crippen molar-refractivity contribution in [2.45, 2.75) is 11.9 Å². The molecule has 0 saturated carbocycles. The van der Waals surface area contributed by atoms with Crippen LogP contribution in [0.3, 0.4) is 0 Å². The van der Waals surface area contributed by atoms with E-state index in [4.69, 9.17) is 5.11 Å². The molecule has 16 heavy (non-hydrogen) atoms. The molecule has 0 unspecified atom stereocenters. The number of aliphatic hydroxyl groups is 1. The lowest BCUT2D eigenvalue weighted by Gasteiger charge is -2.19. The first-order chi connectivity index (χ1) is 7.72. The molecular formula is C11H16N2O2S. The number of carbonyl (C=O) groups excluding carboxylic acids is 1. The van der Waals surface area contributed by atoms with Gasteiger partial charge in [0.25, 0.3) is 5.91 Å². The van der Waals surface area contributed by atoms with Gasteiger partial charge in [-0.1, -0.05) is 0 Å². The van der Waals surface area contributed by atoms with Crippen LogP contribution in [0.2, 0.25) is 0 Å². The van der Waals surface area contributed by atoms with Crippen LogP contribution in [0, 0.1) is 0 Å². The molecule has 5 heteroatoms. The molecule has 1 amide bonds. The van der Waals surface area contributed by atoms with Crippen molar-refractivity contribution in [1.29, 1.82) is 0 Å². The van der Waals surface area contributed by atoms with Crippen molar-refractivity contribution >= 4 is 17.7 Å². The van der Waals surface area contributed by atoms with E-state index in [1.165, 1.54) is 11.8 Å². The average Bonchev–Trinajstić information content (AvgIpc) is 2.35. The molecule has 0 radical (unpaired) electrons. The third kappa shape index (κ3) is 3.21. The second kappa shape index (κ2) is 6.50. The predicted molar refractivity (Wildman–Crippen MR) is 64.7 cm³/mol. The van der Waals surface area contributed by atoms with Crippen LogP contribution in [0.4, 0.5) is 0 Å². The van der Waals surface area contributed by atoms with E-state index in [1.807, 2.05) is 19.2 Å². The van der Waals surface area contributed by atoms with E-state index < -0.39 is 0 Å². The van der Waals surface area contributed by atoms with Gasteiger partial charge in [-0.2, -0.15) is 0 Å². The standard InChI is InChI=1S/C11H16N2O2S/c1-3-13(6-7-14)11(15)9-4-5-10(16-2)12-8-9/h4-5,8,14H,3,6-7H2,1-2H3. The van der Waals surface area contributed by atoms with Gasteiger partial charge in [0.2, 0.25) is 0 Å². The highest BCUT2D eigenvalue weighted by molar-refractivity contribution is 7.98. The van der Waals surface area contributed by atoms with Gasteiger partial charge in [-0.3, -0.25) is 4.79 Å².